The van der Waals surface area contributed by atoms with E-state index in [1.165, 1.54) is 11.6 Å². The number of likely N-dealkylation sites (tertiary alicyclic amines) is 1. The molecule has 0 spiro atoms. The molecular formula is C21H27FN2O. The molecule has 1 unspecified atom stereocenters. The molecule has 134 valence electrons. The standard InChI is InChI=1S/C21H27FN2O/c1-16(18-6-4-7-20(22)13-18)23-21-8-3-2-5-19(21)14-24-11-9-17(15-25)10-12-24/h2-8,13,16-17,23,25H,9-12,14-15H2,1H3. The molecule has 0 saturated carbocycles. The Bertz CT molecular complexity index is 683. The van der Waals surface area contributed by atoms with Crippen LogP contribution in [-0.2, 0) is 6.54 Å². The first-order chi connectivity index (χ1) is 12.2. The van der Waals surface area contributed by atoms with Gasteiger partial charge in [-0.1, -0.05) is 30.3 Å². The largest absolute Gasteiger partial charge is 0.396 e. The minimum atomic E-state index is -0.203. The summed E-state index contributed by atoms with van der Waals surface area (Å²) in [5.74, 6) is 0.254. The van der Waals surface area contributed by atoms with Crippen LogP contribution in [0.5, 0.6) is 0 Å². The van der Waals surface area contributed by atoms with E-state index >= 15 is 0 Å². The average molecular weight is 342 g/mol. The van der Waals surface area contributed by atoms with Gasteiger partial charge in [0.05, 0.1) is 0 Å². The topological polar surface area (TPSA) is 35.5 Å². The summed E-state index contributed by atoms with van der Waals surface area (Å²) in [4.78, 5) is 2.44. The van der Waals surface area contributed by atoms with E-state index in [1.807, 2.05) is 12.1 Å². The van der Waals surface area contributed by atoms with E-state index in [0.717, 1.165) is 43.7 Å². The van der Waals surface area contributed by atoms with E-state index in [0.29, 0.717) is 12.5 Å². The zero-order valence-electron chi connectivity index (χ0n) is 14.8. The minimum Gasteiger partial charge on any atom is -0.396 e. The summed E-state index contributed by atoms with van der Waals surface area (Å²) in [6, 6.07) is 15.1. The Hall–Kier alpha value is -1.91. The van der Waals surface area contributed by atoms with Gasteiger partial charge in [0, 0.05) is 24.9 Å². The maximum absolute atomic E-state index is 13.5. The third-order valence-electron chi connectivity index (χ3n) is 5.10. The van der Waals surface area contributed by atoms with Crippen LogP contribution in [0.2, 0.25) is 0 Å². The van der Waals surface area contributed by atoms with Gasteiger partial charge in [0.2, 0.25) is 0 Å². The van der Waals surface area contributed by atoms with Crippen molar-refractivity contribution in [2.45, 2.75) is 32.4 Å². The molecule has 25 heavy (non-hydrogen) atoms. The van der Waals surface area contributed by atoms with Crippen LogP contribution in [0.4, 0.5) is 10.1 Å². The summed E-state index contributed by atoms with van der Waals surface area (Å²) < 4.78 is 13.5. The lowest BCUT2D eigenvalue weighted by Crippen LogP contribution is -2.34. The van der Waals surface area contributed by atoms with E-state index in [1.54, 1.807) is 12.1 Å². The zero-order chi connectivity index (χ0) is 17.6. The van der Waals surface area contributed by atoms with Crippen molar-refractivity contribution < 1.29 is 9.50 Å². The van der Waals surface area contributed by atoms with Crippen LogP contribution in [0.3, 0.4) is 0 Å². The van der Waals surface area contributed by atoms with Crippen molar-refractivity contribution in [2.75, 3.05) is 25.0 Å². The van der Waals surface area contributed by atoms with Crippen LogP contribution in [0.15, 0.2) is 48.5 Å². The van der Waals surface area contributed by atoms with Gasteiger partial charge in [-0.25, -0.2) is 4.39 Å². The van der Waals surface area contributed by atoms with Crippen molar-refractivity contribution in [3.63, 3.8) is 0 Å². The molecule has 1 atom stereocenters. The smallest absolute Gasteiger partial charge is 0.123 e. The molecular weight excluding hydrogens is 315 g/mol. The fraction of sp³-hybridized carbons (Fsp3) is 0.429. The van der Waals surface area contributed by atoms with Gasteiger partial charge in [-0.05, 0) is 68.1 Å². The first-order valence-corrected chi connectivity index (χ1v) is 9.09. The van der Waals surface area contributed by atoms with Crippen molar-refractivity contribution in [1.29, 1.82) is 0 Å². The van der Waals surface area contributed by atoms with Crippen LogP contribution < -0.4 is 5.32 Å². The lowest BCUT2D eigenvalue weighted by molar-refractivity contribution is 0.127. The van der Waals surface area contributed by atoms with Crippen molar-refractivity contribution in [3.05, 3.63) is 65.5 Å². The monoisotopic (exact) mass is 342 g/mol. The molecule has 3 nitrogen and oxygen atoms in total. The molecule has 0 radical (unpaired) electrons. The maximum Gasteiger partial charge on any atom is 0.123 e. The Morgan fingerprint density at radius 2 is 1.92 bits per heavy atom. The fourth-order valence-corrected chi connectivity index (χ4v) is 3.46. The van der Waals surface area contributed by atoms with E-state index < -0.39 is 0 Å². The molecule has 0 bridgehead atoms. The van der Waals surface area contributed by atoms with Crippen molar-refractivity contribution in [2.24, 2.45) is 5.92 Å². The fourth-order valence-electron chi connectivity index (χ4n) is 3.46. The highest BCUT2D eigenvalue weighted by Crippen LogP contribution is 2.25. The number of para-hydroxylation sites is 1. The number of hydrogen-bond acceptors (Lipinski definition) is 3. The van der Waals surface area contributed by atoms with Gasteiger partial charge in [0.25, 0.3) is 0 Å². The van der Waals surface area contributed by atoms with E-state index in [2.05, 4.69) is 35.3 Å². The number of hydrogen-bond donors (Lipinski definition) is 2. The first-order valence-electron chi connectivity index (χ1n) is 9.09. The summed E-state index contributed by atoms with van der Waals surface area (Å²) in [7, 11) is 0. The van der Waals surface area contributed by atoms with E-state index in [4.69, 9.17) is 0 Å². The number of nitrogens with one attached hydrogen (secondary N) is 1. The van der Waals surface area contributed by atoms with Gasteiger partial charge in [-0.15, -0.1) is 0 Å². The molecule has 1 fully saturated rings. The normalized spacial score (nSPS) is 17.4. The number of aliphatic hydroxyl groups excluding tert-OH is 1. The highest BCUT2D eigenvalue weighted by atomic mass is 19.1. The van der Waals surface area contributed by atoms with Crippen LogP contribution in [0.25, 0.3) is 0 Å². The van der Waals surface area contributed by atoms with Crippen LogP contribution in [0, 0.1) is 11.7 Å². The summed E-state index contributed by atoms with van der Waals surface area (Å²) >= 11 is 0. The predicted molar refractivity (Wildman–Crippen MR) is 100.0 cm³/mol. The van der Waals surface area contributed by atoms with Gasteiger partial charge in [0.1, 0.15) is 5.82 Å². The van der Waals surface area contributed by atoms with Crippen molar-refractivity contribution >= 4 is 5.69 Å². The maximum atomic E-state index is 13.5. The number of halogens is 1. The summed E-state index contributed by atoms with van der Waals surface area (Å²) in [6.45, 7) is 5.31. The van der Waals surface area contributed by atoms with Gasteiger partial charge in [-0.2, -0.15) is 0 Å². The summed E-state index contributed by atoms with van der Waals surface area (Å²) in [5.41, 5.74) is 3.30. The molecule has 1 aliphatic heterocycles. The van der Waals surface area contributed by atoms with Crippen LogP contribution in [0.1, 0.15) is 36.9 Å². The van der Waals surface area contributed by atoms with Crippen LogP contribution >= 0.6 is 0 Å². The molecule has 0 aliphatic carbocycles. The van der Waals surface area contributed by atoms with Crippen LogP contribution in [-0.4, -0.2) is 29.7 Å². The first kappa shape index (κ1) is 17.9. The quantitative estimate of drug-likeness (QED) is 0.826. The number of nitrogens with zero attached hydrogens (tertiary/aromatic N) is 1. The Balaban J connectivity index is 1.66. The molecule has 2 aromatic carbocycles. The SMILES string of the molecule is CC(Nc1ccccc1CN1CCC(CO)CC1)c1cccc(F)c1. The molecule has 2 aromatic rings. The lowest BCUT2D eigenvalue weighted by Gasteiger charge is -2.31. The second-order valence-corrected chi connectivity index (χ2v) is 6.98. The van der Waals surface area contributed by atoms with E-state index in [-0.39, 0.29) is 11.9 Å². The highest BCUT2D eigenvalue weighted by Gasteiger charge is 2.19. The molecule has 2 N–H and O–H groups in total. The lowest BCUT2D eigenvalue weighted by atomic mass is 9.97. The third-order valence-corrected chi connectivity index (χ3v) is 5.10. The summed E-state index contributed by atoms with van der Waals surface area (Å²) in [5, 5.41) is 12.8. The Kier molecular flexibility index (Phi) is 6.05. The molecule has 4 heteroatoms. The van der Waals surface area contributed by atoms with Crippen molar-refractivity contribution in [1.82, 2.24) is 4.90 Å². The second kappa shape index (κ2) is 8.45. The number of piperidine rings is 1. The Labute approximate surface area is 149 Å². The van der Waals surface area contributed by atoms with Crippen molar-refractivity contribution in [3.8, 4) is 0 Å². The van der Waals surface area contributed by atoms with E-state index in [9.17, 15) is 9.50 Å². The van der Waals surface area contributed by atoms with Gasteiger partial charge >= 0.3 is 0 Å². The number of benzene rings is 2. The Morgan fingerprint density at radius 3 is 2.64 bits per heavy atom. The molecule has 1 saturated heterocycles. The molecule has 0 aromatic heterocycles. The summed E-state index contributed by atoms with van der Waals surface area (Å²) in [6.07, 6.45) is 2.12. The van der Waals surface area contributed by atoms with Gasteiger partial charge < -0.3 is 10.4 Å². The zero-order valence-corrected chi connectivity index (χ0v) is 14.8. The second-order valence-electron chi connectivity index (χ2n) is 6.98. The number of aliphatic hydroxyl groups is 1. The van der Waals surface area contributed by atoms with Gasteiger partial charge in [-0.3, -0.25) is 4.90 Å². The predicted octanol–water partition coefficient (Wildman–Crippen LogP) is 4.20. The molecule has 0 amide bonds. The van der Waals surface area contributed by atoms with Gasteiger partial charge in [0.15, 0.2) is 0 Å². The molecule has 1 aliphatic rings. The number of rotatable bonds is 6. The average Bonchev–Trinajstić information content (AvgIpc) is 2.64. The molecule has 1 heterocycles. The molecule has 3 rings (SSSR count). The third kappa shape index (κ3) is 4.80. The minimum absolute atomic E-state index is 0.0389. The number of anilines is 1. The highest BCUT2D eigenvalue weighted by molar-refractivity contribution is 5.52. The Morgan fingerprint density at radius 1 is 1.16 bits per heavy atom.